The maximum absolute atomic E-state index is 12.4. The van der Waals surface area contributed by atoms with Crippen molar-refractivity contribution < 1.29 is 9.84 Å². The minimum Gasteiger partial charge on any atom is -0.389 e. The number of aromatic nitrogens is 4. The second-order valence-electron chi connectivity index (χ2n) is 6.99. The van der Waals surface area contributed by atoms with Gasteiger partial charge in [-0.2, -0.15) is 10.1 Å². The molecule has 0 aliphatic heterocycles. The molecule has 10 nitrogen and oxygen atoms in total. The molecule has 0 saturated heterocycles. The van der Waals surface area contributed by atoms with E-state index in [1.165, 1.54) is 16.2 Å². The van der Waals surface area contributed by atoms with Crippen LogP contribution in [0.3, 0.4) is 0 Å². The molecule has 3 N–H and O–H groups in total. The van der Waals surface area contributed by atoms with Gasteiger partial charge in [0.2, 0.25) is 5.95 Å². The summed E-state index contributed by atoms with van der Waals surface area (Å²) in [7, 11) is 1.50. The van der Waals surface area contributed by atoms with Gasteiger partial charge in [-0.3, -0.25) is 14.3 Å². The number of ether oxygens (including phenoxy) is 1. The summed E-state index contributed by atoms with van der Waals surface area (Å²) in [5, 5.41) is 15.1. The quantitative estimate of drug-likeness (QED) is 0.362. The van der Waals surface area contributed by atoms with E-state index in [1.54, 1.807) is 30.5 Å². The molecule has 1 aromatic carbocycles. The fourth-order valence-electron chi connectivity index (χ4n) is 2.78. The lowest BCUT2D eigenvalue weighted by Crippen LogP contribution is -2.30. The standard InChI is InChI=1S/C19H23ClN6O4/c1-11(2)30-10-14(27)9-26-15-16(25(3)19(29)23-17(15)28)22-18(26)24-21-8-12-4-6-13(20)7-5-12/h4-8,11,14,27H,9-10H2,1-3H3,(H,22,24)(H,23,28,29)/b21-8-. The number of halogens is 1. The fraction of sp³-hybridized carbons (Fsp3) is 0.368. The van der Waals surface area contributed by atoms with E-state index in [1.807, 2.05) is 13.8 Å². The van der Waals surface area contributed by atoms with Crippen LogP contribution in [-0.2, 0) is 18.3 Å². The molecule has 0 aliphatic carbocycles. The molecular weight excluding hydrogens is 412 g/mol. The number of benzene rings is 1. The van der Waals surface area contributed by atoms with Crippen LogP contribution in [0, 0.1) is 0 Å². The van der Waals surface area contributed by atoms with Crippen LogP contribution in [-0.4, -0.2) is 49.2 Å². The Morgan fingerprint density at radius 1 is 1.33 bits per heavy atom. The predicted molar refractivity (Wildman–Crippen MR) is 115 cm³/mol. The smallest absolute Gasteiger partial charge is 0.329 e. The van der Waals surface area contributed by atoms with Crippen molar-refractivity contribution in [1.82, 2.24) is 19.1 Å². The number of aliphatic hydroxyl groups excluding tert-OH is 1. The predicted octanol–water partition coefficient (Wildman–Crippen LogP) is 1.31. The van der Waals surface area contributed by atoms with Gasteiger partial charge in [-0.05, 0) is 31.5 Å². The molecule has 0 amide bonds. The number of fused-ring (bicyclic) bond motifs is 1. The molecule has 30 heavy (non-hydrogen) atoms. The van der Waals surface area contributed by atoms with Gasteiger partial charge in [0, 0.05) is 12.1 Å². The highest BCUT2D eigenvalue weighted by atomic mass is 35.5. The second-order valence-corrected chi connectivity index (χ2v) is 7.43. The van der Waals surface area contributed by atoms with Crippen molar-refractivity contribution >= 4 is 34.9 Å². The zero-order chi connectivity index (χ0) is 21.8. The van der Waals surface area contributed by atoms with Crippen LogP contribution in [0.15, 0.2) is 39.0 Å². The van der Waals surface area contributed by atoms with E-state index in [0.717, 1.165) is 5.56 Å². The van der Waals surface area contributed by atoms with Crippen LogP contribution in [0.25, 0.3) is 11.2 Å². The minimum absolute atomic E-state index is 0.0172. The van der Waals surface area contributed by atoms with Crippen molar-refractivity contribution in [2.75, 3.05) is 12.0 Å². The molecule has 1 unspecified atom stereocenters. The monoisotopic (exact) mass is 434 g/mol. The number of imidazole rings is 1. The van der Waals surface area contributed by atoms with Gasteiger partial charge in [-0.25, -0.2) is 10.2 Å². The van der Waals surface area contributed by atoms with Crippen LogP contribution in [0.4, 0.5) is 5.95 Å². The molecule has 160 valence electrons. The zero-order valence-electron chi connectivity index (χ0n) is 16.8. The molecule has 1 atom stereocenters. The maximum atomic E-state index is 12.4. The van der Waals surface area contributed by atoms with Crippen LogP contribution >= 0.6 is 11.6 Å². The van der Waals surface area contributed by atoms with Gasteiger partial charge in [-0.15, -0.1) is 0 Å². The Morgan fingerprint density at radius 2 is 2.03 bits per heavy atom. The molecular formula is C19H23ClN6O4. The van der Waals surface area contributed by atoms with E-state index in [4.69, 9.17) is 16.3 Å². The molecule has 3 rings (SSSR count). The van der Waals surface area contributed by atoms with E-state index in [0.29, 0.717) is 5.02 Å². The van der Waals surface area contributed by atoms with E-state index < -0.39 is 17.4 Å². The maximum Gasteiger partial charge on any atom is 0.329 e. The summed E-state index contributed by atoms with van der Waals surface area (Å²) < 4.78 is 8.13. The topological polar surface area (TPSA) is 127 Å². The highest BCUT2D eigenvalue weighted by Gasteiger charge is 2.19. The number of nitrogens with zero attached hydrogens (tertiary/aromatic N) is 4. The van der Waals surface area contributed by atoms with Gasteiger partial charge >= 0.3 is 5.69 Å². The highest BCUT2D eigenvalue weighted by molar-refractivity contribution is 6.30. The number of hydrogen-bond donors (Lipinski definition) is 3. The molecule has 0 fully saturated rings. The van der Waals surface area contributed by atoms with Gasteiger partial charge in [0.05, 0.1) is 31.6 Å². The molecule has 0 saturated carbocycles. The molecule has 11 heteroatoms. The number of hydrogen-bond acceptors (Lipinski definition) is 7. The summed E-state index contributed by atoms with van der Waals surface area (Å²) in [5.74, 6) is 0.200. The van der Waals surface area contributed by atoms with Crippen molar-refractivity contribution in [3.8, 4) is 0 Å². The average Bonchev–Trinajstić information content (AvgIpc) is 3.05. The largest absolute Gasteiger partial charge is 0.389 e. The summed E-state index contributed by atoms with van der Waals surface area (Å²) in [4.78, 5) is 30.9. The third-order valence-corrected chi connectivity index (χ3v) is 4.52. The van der Waals surface area contributed by atoms with Gasteiger partial charge in [0.15, 0.2) is 11.2 Å². The van der Waals surface area contributed by atoms with Crippen LogP contribution in [0.1, 0.15) is 19.4 Å². The molecule has 3 aromatic rings. The first-order valence-corrected chi connectivity index (χ1v) is 9.68. The second kappa shape index (κ2) is 9.24. The number of aliphatic hydroxyl groups is 1. The molecule has 2 aromatic heterocycles. The van der Waals surface area contributed by atoms with Crippen molar-refractivity contribution in [1.29, 1.82) is 0 Å². The van der Waals surface area contributed by atoms with Crippen molar-refractivity contribution in [2.24, 2.45) is 12.1 Å². The molecule has 0 spiro atoms. The number of hydrazone groups is 1. The number of rotatable bonds is 8. The van der Waals surface area contributed by atoms with E-state index in [9.17, 15) is 14.7 Å². The first-order chi connectivity index (χ1) is 14.3. The summed E-state index contributed by atoms with van der Waals surface area (Å²) >= 11 is 5.88. The molecule has 0 radical (unpaired) electrons. The number of anilines is 1. The lowest BCUT2D eigenvalue weighted by atomic mass is 10.2. The zero-order valence-corrected chi connectivity index (χ0v) is 17.6. The Bertz CT molecular complexity index is 1160. The number of nitrogens with one attached hydrogen (secondary N) is 2. The van der Waals surface area contributed by atoms with E-state index in [-0.39, 0.29) is 36.4 Å². The molecule has 0 bridgehead atoms. The number of aromatic amines is 1. The Labute approximate surface area is 176 Å². The summed E-state index contributed by atoms with van der Waals surface area (Å²) in [6.45, 7) is 3.81. The third-order valence-electron chi connectivity index (χ3n) is 4.27. The Kier molecular flexibility index (Phi) is 6.70. The lowest BCUT2D eigenvalue weighted by Gasteiger charge is -2.15. The Hall–Kier alpha value is -2.95. The summed E-state index contributed by atoms with van der Waals surface area (Å²) in [6, 6.07) is 7.05. The summed E-state index contributed by atoms with van der Waals surface area (Å²) in [6.07, 6.45) is 0.605. The first kappa shape index (κ1) is 21.8. The summed E-state index contributed by atoms with van der Waals surface area (Å²) in [5.41, 5.74) is 2.70. The molecule has 0 aliphatic rings. The van der Waals surface area contributed by atoms with Crippen molar-refractivity contribution in [3.05, 3.63) is 55.7 Å². The van der Waals surface area contributed by atoms with Crippen LogP contribution in [0.5, 0.6) is 0 Å². The Balaban J connectivity index is 1.96. The van der Waals surface area contributed by atoms with Crippen molar-refractivity contribution in [3.63, 3.8) is 0 Å². The van der Waals surface area contributed by atoms with Crippen molar-refractivity contribution in [2.45, 2.75) is 32.6 Å². The third kappa shape index (κ3) is 4.96. The SMILES string of the molecule is CC(C)OCC(O)Cn1c(N/N=C\c2ccc(Cl)cc2)nc2c1c(=O)[nH]c(=O)n2C. The van der Waals surface area contributed by atoms with E-state index >= 15 is 0 Å². The number of aryl methyl sites for hydroxylation is 1. The van der Waals surface area contributed by atoms with Gasteiger partial charge in [0.25, 0.3) is 5.56 Å². The molecule has 2 heterocycles. The van der Waals surface area contributed by atoms with Gasteiger partial charge < -0.3 is 14.4 Å². The normalized spacial score (nSPS) is 12.9. The van der Waals surface area contributed by atoms with Crippen LogP contribution in [0.2, 0.25) is 5.02 Å². The first-order valence-electron chi connectivity index (χ1n) is 9.30. The lowest BCUT2D eigenvalue weighted by molar-refractivity contribution is -0.000105. The van der Waals surface area contributed by atoms with Gasteiger partial charge in [0.1, 0.15) is 0 Å². The van der Waals surface area contributed by atoms with Crippen LogP contribution < -0.4 is 16.7 Å². The Morgan fingerprint density at radius 3 is 2.70 bits per heavy atom. The fourth-order valence-corrected chi connectivity index (χ4v) is 2.90. The highest BCUT2D eigenvalue weighted by Crippen LogP contribution is 2.16. The van der Waals surface area contributed by atoms with Gasteiger partial charge in [-0.1, -0.05) is 23.7 Å². The van der Waals surface area contributed by atoms with E-state index in [2.05, 4.69) is 20.5 Å². The average molecular weight is 435 g/mol. The minimum atomic E-state index is -0.901. The number of H-pyrrole nitrogens is 1.